The number of hydrogen-bond acceptors (Lipinski definition) is 2. The molecule has 2 aromatic rings. The first kappa shape index (κ1) is 12.4. The van der Waals surface area contributed by atoms with Crippen LogP contribution in [0.5, 0.6) is 5.75 Å². The molecule has 2 aromatic carbocycles. The first-order valence-corrected chi connectivity index (χ1v) is 6.00. The predicted molar refractivity (Wildman–Crippen MR) is 72.9 cm³/mol. The van der Waals surface area contributed by atoms with Gasteiger partial charge < -0.3 is 10.1 Å². The van der Waals surface area contributed by atoms with Crippen LogP contribution >= 0.6 is 0 Å². The standard InChI is InChI=1S/C15H17NO2/c1-11(17)16-8-7-12-3-4-14-10-15(18-2)6-5-13(14)9-12/h3-6,9-10H,7-8H2,1-2H3,(H,16,17). The van der Waals surface area contributed by atoms with Crippen LogP contribution in [0.4, 0.5) is 0 Å². The molecule has 0 heterocycles. The van der Waals surface area contributed by atoms with Crippen molar-refractivity contribution < 1.29 is 9.53 Å². The minimum Gasteiger partial charge on any atom is -0.497 e. The highest BCUT2D eigenvalue weighted by Crippen LogP contribution is 2.21. The van der Waals surface area contributed by atoms with Gasteiger partial charge in [-0.15, -0.1) is 0 Å². The number of carbonyl (C=O) groups is 1. The van der Waals surface area contributed by atoms with E-state index in [0.29, 0.717) is 6.54 Å². The molecule has 0 aliphatic rings. The van der Waals surface area contributed by atoms with E-state index in [0.717, 1.165) is 17.6 Å². The molecular weight excluding hydrogens is 226 g/mol. The number of hydrogen-bond donors (Lipinski definition) is 1. The maximum Gasteiger partial charge on any atom is 0.216 e. The molecule has 0 atom stereocenters. The van der Waals surface area contributed by atoms with Crippen molar-refractivity contribution in [2.75, 3.05) is 13.7 Å². The molecule has 0 unspecified atom stereocenters. The average Bonchev–Trinajstić information content (AvgIpc) is 2.37. The summed E-state index contributed by atoms with van der Waals surface area (Å²) >= 11 is 0. The Kier molecular flexibility index (Phi) is 3.82. The maximum absolute atomic E-state index is 10.8. The SMILES string of the molecule is COc1ccc2cc(CCNC(C)=O)ccc2c1. The van der Waals surface area contributed by atoms with Crippen LogP contribution in [0.3, 0.4) is 0 Å². The summed E-state index contributed by atoms with van der Waals surface area (Å²) in [5, 5.41) is 5.16. The van der Waals surface area contributed by atoms with Gasteiger partial charge in [-0.25, -0.2) is 0 Å². The molecule has 0 bridgehead atoms. The van der Waals surface area contributed by atoms with E-state index in [9.17, 15) is 4.79 Å². The van der Waals surface area contributed by atoms with E-state index in [1.807, 2.05) is 12.1 Å². The molecule has 3 heteroatoms. The predicted octanol–water partition coefficient (Wildman–Crippen LogP) is 2.53. The van der Waals surface area contributed by atoms with Crippen LogP contribution in [-0.2, 0) is 11.2 Å². The fourth-order valence-corrected chi connectivity index (χ4v) is 1.94. The Labute approximate surface area is 107 Å². The summed E-state index contributed by atoms with van der Waals surface area (Å²) in [6, 6.07) is 12.4. The second-order valence-corrected chi connectivity index (χ2v) is 4.28. The molecule has 0 spiro atoms. The van der Waals surface area contributed by atoms with Gasteiger partial charge in [0.15, 0.2) is 0 Å². The quantitative estimate of drug-likeness (QED) is 0.896. The highest BCUT2D eigenvalue weighted by Gasteiger charge is 1.99. The normalized spacial score (nSPS) is 10.3. The number of nitrogens with one attached hydrogen (secondary N) is 1. The third kappa shape index (κ3) is 3.00. The lowest BCUT2D eigenvalue weighted by atomic mass is 10.0. The molecule has 18 heavy (non-hydrogen) atoms. The van der Waals surface area contributed by atoms with E-state index in [1.54, 1.807) is 7.11 Å². The fourth-order valence-electron chi connectivity index (χ4n) is 1.94. The highest BCUT2D eigenvalue weighted by molar-refractivity contribution is 5.84. The van der Waals surface area contributed by atoms with Crippen molar-refractivity contribution in [2.24, 2.45) is 0 Å². The summed E-state index contributed by atoms with van der Waals surface area (Å²) in [6.07, 6.45) is 0.849. The molecule has 1 N–H and O–H groups in total. The lowest BCUT2D eigenvalue weighted by Crippen LogP contribution is -2.22. The summed E-state index contributed by atoms with van der Waals surface area (Å²) in [6.45, 7) is 2.21. The van der Waals surface area contributed by atoms with Gasteiger partial charge in [0.05, 0.1) is 7.11 Å². The number of ether oxygens (including phenoxy) is 1. The zero-order chi connectivity index (χ0) is 13.0. The van der Waals surface area contributed by atoms with E-state index < -0.39 is 0 Å². The number of rotatable bonds is 4. The first-order valence-electron chi connectivity index (χ1n) is 6.00. The van der Waals surface area contributed by atoms with Gasteiger partial charge in [-0.05, 0) is 34.9 Å². The maximum atomic E-state index is 10.8. The first-order chi connectivity index (χ1) is 8.69. The highest BCUT2D eigenvalue weighted by atomic mass is 16.5. The Morgan fingerprint density at radius 2 is 1.89 bits per heavy atom. The average molecular weight is 243 g/mol. The van der Waals surface area contributed by atoms with Gasteiger partial charge in [0.2, 0.25) is 5.91 Å². The Hall–Kier alpha value is -2.03. The van der Waals surface area contributed by atoms with Crippen LogP contribution in [0.1, 0.15) is 12.5 Å². The van der Waals surface area contributed by atoms with Crippen LogP contribution in [-0.4, -0.2) is 19.6 Å². The molecule has 0 saturated heterocycles. The zero-order valence-corrected chi connectivity index (χ0v) is 10.7. The van der Waals surface area contributed by atoms with Crippen LogP contribution < -0.4 is 10.1 Å². The van der Waals surface area contributed by atoms with Gasteiger partial charge in [0, 0.05) is 13.5 Å². The Morgan fingerprint density at radius 1 is 1.17 bits per heavy atom. The van der Waals surface area contributed by atoms with E-state index in [4.69, 9.17) is 4.74 Å². The topological polar surface area (TPSA) is 38.3 Å². The fraction of sp³-hybridized carbons (Fsp3) is 0.267. The Balaban J connectivity index is 2.15. The molecule has 1 amide bonds. The second kappa shape index (κ2) is 5.54. The monoisotopic (exact) mass is 243 g/mol. The van der Waals surface area contributed by atoms with Crippen molar-refractivity contribution >= 4 is 16.7 Å². The van der Waals surface area contributed by atoms with Gasteiger partial charge in [-0.1, -0.05) is 24.3 Å². The van der Waals surface area contributed by atoms with Gasteiger partial charge in [0.25, 0.3) is 0 Å². The molecule has 0 saturated carbocycles. The van der Waals surface area contributed by atoms with E-state index in [2.05, 4.69) is 29.6 Å². The van der Waals surface area contributed by atoms with Crippen molar-refractivity contribution in [3.63, 3.8) is 0 Å². The molecule has 3 nitrogen and oxygen atoms in total. The van der Waals surface area contributed by atoms with Gasteiger partial charge in [-0.3, -0.25) is 4.79 Å². The number of benzene rings is 2. The van der Waals surface area contributed by atoms with E-state index in [-0.39, 0.29) is 5.91 Å². The number of carbonyl (C=O) groups excluding carboxylic acids is 1. The largest absolute Gasteiger partial charge is 0.497 e. The lowest BCUT2D eigenvalue weighted by molar-refractivity contribution is -0.118. The van der Waals surface area contributed by atoms with Crippen molar-refractivity contribution in [3.05, 3.63) is 42.0 Å². The van der Waals surface area contributed by atoms with Crippen LogP contribution in [0.25, 0.3) is 10.8 Å². The molecule has 0 aliphatic carbocycles. The Bertz CT molecular complexity index is 563. The molecule has 94 valence electrons. The van der Waals surface area contributed by atoms with E-state index in [1.165, 1.54) is 17.9 Å². The van der Waals surface area contributed by atoms with Crippen LogP contribution in [0.15, 0.2) is 36.4 Å². The molecule has 0 aliphatic heterocycles. The summed E-state index contributed by atoms with van der Waals surface area (Å²) in [5.74, 6) is 0.883. The van der Waals surface area contributed by atoms with E-state index >= 15 is 0 Å². The van der Waals surface area contributed by atoms with Gasteiger partial charge in [-0.2, -0.15) is 0 Å². The molecule has 0 aromatic heterocycles. The van der Waals surface area contributed by atoms with Gasteiger partial charge in [0.1, 0.15) is 5.75 Å². The smallest absolute Gasteiger partial charge is 0.216 e. The second-order valence-electron chi connectivity index (χ2n) is 4.28. The van der Waals surface area contributed by atoms with Crippen LogP contribution in [0.2, 0.25) is 0 Å². The summed E-state index contributed by atoms with van der Waals surface area (Å²) < 4.78 is 5.20. The number of methoxy groups -OCH3 is 1. The number of amides is 1. The van der Waals surface area contributed by atoms with Crippen molar-refractivity contribution in [1.29, 1.82) is 0 Å². The third-order valence-electron chi connectivity index (χ3n) is 2.90. The lowest BCUT2D eigenvalue weighted by Gasteiger charge is -2.06. The molecule has 2 rings (SSSR count). The van der Waals surface area contributed by atoms with Crippen molar-refractivity contribution in [3.8, 4) is 5.75 Å². The van der Waals surface area contributed by atoms with Crippen LogP contribution in [0, 0.1) is 0 Å². The summed E-state index contributed by atoms with van der Waals surface area (Å²) in [5.41, 5.74) is 1.22. The third-order valence-corrected chi connectivity index (χ3v) is 2.90. The molecule has 0 radical (unpaired) electrons. The minimum atomic E-state index is 0.0144. The van der Waals surface area contributed by atoms with Crippen molar-refractivity contribution in [2.45, 2.75) is 13.3 Å². The molecule has 0 fully saturated rings. The summed E-state index contributed by atoms with van der Waals surface area (Å²) in [7, 11) is 1.67. The zero-order valence-electron chi connectivity index (χ0n) is 10.7. The Morgan fingerprint density at radius 3 is 2.61 bits per heavy atom. The summed E-state index contributed by atoms with van der Waals surface area (Å²) in [4.78, 5) is 10.8. The van der Waals surface area contributed by atoms with Crippen molar-refractivity contribution in [1.82, 2.24) is 5.32 Å². The number of fused-ring (bicyclic) bond motifs is 1. The van der Waals surface area contributed by atoms with Gasteiger partial charge >= 0.3 is 0 Å². The molecular formula is C15H17NO2. The minimum absolute atomic E-state index is 0.0144.